The number of piperidine rings is 1. The fourth-order valence-corrected chi connectivity index (χ4v) is 5.89. The third-order valence-corrected chi connectivity index (χ3v) is 8.34. The average Bonchev–Trinajstić information content (AvgIpc) is 3.01. The first kappa shape index (κ1) is 28.4. The Bertz CT molecular complexity index is 1260. The zero-order valence-corrected chi connectivity index (χ0v) is 23.4. The van der Waals surface area contributed by atoms with Gasteiger partial charge in [0.15, 0.2) is 0 Å². The van der Waals surface area contributed by atoms with Gasteiger partial charge in [-0.2, -0.15) is 0 Å². The molecule has 9 nitrogen and oxygen atoms in total. The van der Waals surface area contributed by atoms with Gasteiger partial charge in [0.2, 0.25) is 24.1 Å². The molecule has 0 saturated carbocycles. The Balaban J connectivity index is 1.32. The SMILES string of the molecule is O=CN1CCN(C(=O)C[C@@H]2CCN3C[C@@H]2C=CCOc2ccccc2CN(C(=O)Cc2ccccc2)CC3=O)CC1. The summed E-state index contributed by atoms with van der Waals surface area (Å²) in [6, 6.07) is 17.2. The summed E-state index contributed by atoms with van der Waals surface area (Å²) in [6.45, 7) is 3.89. The van der Waals surface area contributed by atoms with Crippen molar-refractivity contribution in [2.45, 2.75) is 25.8 Å². The van der Waals surface area contributed by atoms with E-state index >= 15 is 0 Å². The van der Waals surface area contributed by atoms with E-state index in [1.54, 1.807) is 9.80 Å². The number of hydrogen-bond donors (Lipinski definition) is 0. The van der Waals surface area contributed by atoms with Gasteiger partial charge in [0, 0.05) is 57.8 Å². The third kappa shape index (κ3) is 7.34. The molecular formula is C32H38N4O5. The van der Waals surface area contributed by atoms with Crippen LogP contribution in [-0.4, -0.2) is 96.2 Å². The Morgan fingerprint density at radius 3 is 2.41 bits per heavy atom. The summed E-state index contributed by atoms with van der Waals surface area (Å²) >= 11 is 0. The molecule has 3 aliphatic heterocycles. The fraction of sp³-hybridized carbons (Fsp3) is 0.438. The molecule has 4 amide bonds. The van der Waals surface area contributed by atoms with E-state index in [1.807, 2.05) is 70.5 Å². The molecule has 0 spiro atoms. The molecule has 0 N–H and O–H groups in total. The number of para-hydroxylation sites is 1. The average molecular weight is 559 g/mol. The summed E-state index contributed by atoms with van der Waals surface area (Å²) in [5.41, 5.74) is 1.75. The molecule has 0 radical (unpaired) electrons. The van der Waals surface area contributed by atoms with Crippen LogP contribution in [0.4, 0.5) is 0 Å². The number of fused-ring (bicyclic) bond motifs is 3. The second-order valence-electron chi connectivity index (χ2n) is 11.0. The fourth-order valence-electron chi connectivity index (χ4n) is 5.89. The minimum atomic E-state index is -0.112. The molecule has 2 aromatic rings. The van der Waals surface area contributed by atoms with E-state index in [9.17, 15) is 19.2 Å². The first-order chi connectivity index (χ1) is 20.0. The third-order valence-electron chi connectivity index (χ3n) is 8.34. The molecule has 5 rings (SSSR count). The number of hydrogen-bond acceptors (Lipinski definition) is 5. The standard InChI is InChI=1S/C32H38N4O5/c37-24-33-14-16-34(17-15-33)31(39)20-26-12-13-35-21-27(26)10-6-18-41-29-11-5-4-9-28(29)22-36(23-32(35)40)30(38)19-25-7-2-1-3-8-25/h1-11,24,26-27H,12-23H2/t26-,27-/m0/s1. The van der Waals surface area contributed by atoms with Crippen LogP contribution >= 0.6 is 0 Å². The van der Waals surface area contributed by atoms with Crippen LogP contribution in [0.3, 0.4) is 0 Å². The van der Waals surface area contributed by atoms with Crippen LogP contribution in [0.15, 0.2) is 66.7 Å². The monoisotopic (exact) mass is 558 g/mol. The van der Waals surface area contributed by atoms with Crippen LogP contribution in [0.25, 0.3) is 0 Å². The largest absolute Gasteiger partial charge is 0.489 e. The van der Waals surface area contributed by atoms with Crippen LogP contribution in [0.1, 0.15) is 24.0 Å². The van der Waals surface area contributed by atoms with Crippen molar-refractivity contribution in [1.82, 2.24) is 19.6 Å². The summed E-state index contributed by atoms with van der Waals surface area (Å²) in [5.74, 6) is 0.683. The molecule has 3 aliphatic rings. The molecule has 2 aromatic carbocycles. The number of amides is 4. The number of piperazine rings is 1. The highest BCUT2D eigenvalue weighted by molar-refractivity contribution is 5.86. The zero-order valence-electron chi connectivity index (χ0n) is 23.4. The lowest BCUT2D eigenvalue weighted by Crippen LogP contribution is -2.50. The highest BCUT2D eigenvalue weighted by Gasteiger charge is 2.34. The molecule has 2 bridgehead atoms. The van der Waals surface area contributed by atoms with E-state index < -0.39 is 0 Å². The number of benzene rings is 2. The highest BCUT2D eigenvalue weighted by atomic mass is 16.5. The van der Waals surface area contributed by atoms with Crippen molar-refractivity contribution in [3.05, 3.63) is 77.9 Å². The van der Waals surface area contributed by atoms with Crippen LogP contribution in [0.2, 0.25) is 0 Å². The predicted octanol–water partition coefficient (Wildman–Crippen LogP) is 2.36. The van der Waals surface area contributed by atoms with Crippen molar-refractivity contribution in [1.29, 1.82) is 0 Å². The first-order valence-corrected chi connectivity index (χ1v) is 14.4. The van der Waals surface area contributed by atoms with Crippen molar-refractivity contribution in [3.8, 4) is 5.75 Å². The first-order valence-electron chi connectivity index (χ1n) is 14.4. The molecule has 9 heteroatoms. The Kier molecular flexibility index (Phi) is 9.33. The van der Waals surface area contributed by atoms with Crippen molar-refractivity contribution in [2.75, 3.05) is 52.4 Å². The molecule has 0 aromatic heterocycles. The van der Waals surface area contributed by atoms with Gasteiger partial charge in [-0.25, -0.2) is 0 Å². The van der Waals surface area contributed by atoms with Crippen molar-refractivity contribution >= 4 is 24.1 Å². The minimum absolute atomic E-state index is 0.000909. The topological polar surface area (TPSA) is 90.5 Å². The zero-order chi connectivity index (χ0) is 28.6. The molecule has 0 aliphatic carbocycles. The van der Waals surface area contributed by atoms with E-state index in [-0.39, 0.29) is 49.1 Å². The van der Waals surface area contributed by atoms with Crippen LogP contribution < -0.4 is 4.74 Å². The summed E-state index contributed by atoms with van der Waals surface area (Å²) in [7, 11) is 0. The Labute approximate surface area is 241 Å². The summed E-state index contributed by atoms with van der Waals surface area (Å²) in [6.07, 6.45) is 6.23. The normalized spacial score (nSPS) is 21.6. The number of carbonyl (C=O) groups excluding carboxylic acids is 4. The smallest absolute Gasteiger partial charge is 0.242 e. The van der Waals surface area contributed by atoms with Gasteiger partial charge in [-0.1, -0.05) is 60.7 Å². The van der Waals surface area contributed by atoms with E-state index in [0.29, 0.717) is 64.5 Å². The van der Waals surface area contributed by atoms with Gasteiger partial charge >= 0.3 is 0 Å². The van der Waals surface area contributed by atoms with Gasteiger partial charge in [-0.15, -0.1) is 0 Å². The molecule has 2 atom stereocenters. The van der Waals surface area contributed by atoms with Crippen molar-refractivity contribution in [2.24, 2.45) is 11.8 Å². The minimum Gasteiger partial charge on any atom is -0.489 e. The summed E-state index contributed by atoms with van der Waals surface area (Å²) < 4.78 is 6.11. The summed E-state index contributed by atoms with van der Waals surface area (Å²) in [5, 5.41) is 0. The maximum absolute atomic E-state index is 13.6. The highest BCUT2D eigenvalue weighted by Crippen LogP contribution is 2.30. The molecule has 216 valence electrons. The molecule has 0 unspecified atom stereocenters. The van der Waals surface area contributed by atoms with Gasteiger partial charge in [-0.05, 0) is 29.9 Å². The molecule has 2 saturated heterocycles. The second-order valence-corrected chi connectivity index (χ2v) is 11.0. The van der Waals surface area contributed by atoms with Gasteiger partial charge in [-0.3, -0.25) is 19.2 Å². The van der Waals surface area contributed by atoms with Gasteiger partial charge in [0.25, 0.3) is 0 Å². The molecule has 41 heavy (non-hydrogen) atoms. The van der Waals surface area contributed by atoms with Crippen LogP contribution in [-0.2, 0) is 32.1 Å². The second kappa shape index (κ2) is 13.5. The van der Waals surface area contributed by atoms with Gasteiger partial charge in [0.1, 0.15) is 18.9 Å². The van der Waals surface area contributed by atoms with Crippen LogP contribution in [0, 0.1) is 11.8 Å². The van der Waals surface area contributed by atoms with Crippen LogP contribution in [0.5, 0.6) is 5.75 Å². The summed E-state index contributed by atoms with van der Waals surface area (Å²) in [4.78, 5) is 58.3. The molecule has 2 fully saturated rings. The van der Waals surface area contributed by atoms with E-state index in [1.165, 1.54) is 0 Å². The van der Waals surface area contributed by atoms with E-state index in [2.05, 4.69) is 6.08 Å². The van der Waals surface area contributed by atoms with Crippen molar-refractivity contribution < 1.29 is 23.9 Å². The molecular weight excluding hydrogens is 520 g/mol. The van der Waals surface area contributed by atoms with Crippen molar-refractivity contribution in [3.63, 3.8) is 0 Å². The Morgan fingerprint density at radius 2 is 1.63 bits per heavy atom. The van der Waals surface area contributed by atoms with Gasteiger partial charge < -0.3 is 24.3 Å². The lowest BCUT2D eigenvalue weighted by molar-refractivity contribution is -0.142. The van der Waals surface area contributed by atoms with E-state index in [0.717, 1.165) is 17.5 Å². The lowest BCUT2D eigenvalue weighted by atomic mass is 9.82. The molecule has 3 heterocycles. The Morgan fingerprint density at radius 1 is 0.878 bits per heavy atom. The maximum Gasteiger partial charge on any atom is 0.242 e. The van der Waals surface area contributed by atoms with E-state index in [4.69, 9.17) is 4.74 Å². The number of nitrogens with zero attached hydrogens (tertiary/aromatic N) is 4. The number of ether oxygens (including phenoxy) is 1. The maximum atomic E-state index is 13.6. The Hall–Kier alpha value is -4.14. The number of rotatable bonds is 5. The predicted molar refractivity (Wildman–Crippen MR) is 154 cm³/mol. The quantitative estimate of drug-likeness (QED) is 0.415. The van der Waals surface area contributed by atoms with Gasteiger partial charge in [0.05, 0.1) is 6.42 Å². The lowest BCUT2D eigenvalue weighted by Gasteiger charge is -2.39. The number of carbonyl (C=O) groups is 4.